The number of hydrogen-bond donors (Lipinski definition) is 3. The Morgan fingerprint density at radius 2 is 1.72 bits per heavy atom. The molecule has 36 heavy (non-hydrogen) atoms. The lowest BCUT2D eigenvalue weighted by Gasteiger charge is -2.15. The zero-order chi connectivity index (χ0) is 25.5. The van der Waals surface area contributed by atoms with Crippen LogP contribution in [-0.4, -0.2) is 48.3 Å². The summed E-state index contributed by atoms with van der Waals surface area (Å²) in [5.41, 5.74) is 9.62. The highest BCUT2D eigenvalue weighted by molar-refractivity contribution is 5.97. The van der Waals surface area contributed by atoms with Crippen molar-refractivity contribution in [1.82, 2.24) is 19.9 Å². The monoisotopic (exact) mass is 490 g/mol. The first-order valence-electron chi connectivity index (χ1n) is 11.5. The van der Waals surface area contributed by atoms with Crippen LogP contribution in [0.5, 0.6) is 17.2 Å². The second-order valence-electron chi connectivity index (χ2n) is 8.01. The summed E-state index contributed by atoms with van der Waals surface area (Å²) in [6, 6.07) is 12.8. The van der Waals surface area contributed by atoms with Crippen molar-refractivity contribution in [3.05, 3.63) is 66.0 Å². The normalized spacial score (nSPS) is 10.8. The molecule has 0 saturated carbocycles. The third-order valence-corrected chi connectivity index (χ3v) is 5.72. The third kappa shape index (κ3) is 5.33. The number of nitrogens with two attached hydrogens (primary N) is 1. The lowest BCUT2D eigenvalue weighted by atomic mass is 10.1. The van der Waals surface area contributed by atoms with Gasteiger partial charge < -0.3 is 35.1 Å². The zero-order valence-electron chi connectivity index (χ0n) is 20.6. The minimum absolute atomic E-state index is 0.167. The van der Waals surface area contributed by atoms with E-state index in [0.717, 1.165) is 23.0 Å². The number of aromatic nitrogens is 3. The summed E-state index contributed by atoms with van der Waals surface area (Å²) in [6.07, 6.45) is 4.14. The third-order valence-electron chi connectivity index (χ3n) is 5.72. The van der Waals surface area contributed by atoms with E-state index in [4.69, 9.17) is 24.9 Å². The average Bonchev–Trinajstić information content (AvgIpc) is 3.26. The Morgan fingerprint density at radius 3 is 2.36 bits per heavy atom. The van der Waals surface area contributed by atoms with E-state index in [2.05, 4.69) is 15.6 Å². The van der Waals surface area contributed by atoms with Gasteiger partial charge in [-0.25, -0.2) is 4.98 Å². The maximum Gasteiger partial charge on any atom is 0.251 e. The molecule has 4 N–H and O–H groups in total. The molecule has 0 aliphatic heterocycles. The molecule has 0 spiro atoms. The standard InChI is InChI=1S/C26H30N6O4/c1-34-22-14-19(15-23(35-2)24(22)36-3)30-26-31-20-6-5-18(13-21(20)32(26)12-4-9-27)25(33)29-16-17-7-10-28-11-8-17/h5-8,10-11,13-15H,4,9,12,16,27H2,1-3H3,(H,29,33)(H,30,31). The first kappa shape index (κ1) is 24.8. The van der Waals surface area contributed by atoms with Gasteiger partial charge in [-0.3, -0.25) is 9.78 Å². The fraction of sp³-hybridized carbons (Fsp3) is 0.269. The van der Waals surface area contributed by atoms with Gasteiger partial charge in [0.2, 0.25) is 11.7 Å². The van der Waals surface area contributed by atoms with Crippen LogP contribution in [0.15, 0.2) is 54.9 Å². The molecule has 2 heterocycles. The summed E-state index contributed by atoms with van der Waals surface area (Å²) in [6.45, 7) is 1.57. The molecule has 0 unspecified atom stereocenters. The number of pyridine rings is 1. The number of amides is 1. The van der Waals surface area contributed by atoms with E-state index in [1.54, 1.807) is 39.8 Å². The fourth-order valence-corrected chi connectivity index (χ4v) is 3.90. The lowest BCUT2D eigenvalue weighted by molar-refractivity contribution is 0.0951. The van der Waals surface area contributed by atoms with Crippen molar-refractivity contribution in [1.29, 1.82) is 0 Å². The molecule has 0 radical (unpaired) electrons. The number of nitrogens with one attached hydrogen (secondary N) is 2. The molecule has 0 saturated heterocycles. The highest BCUT2D eigenvalue weighted by atomic mass is 16.5. The van der Waals surface area contributed by atoms with Crippen molar-refractivity contribution in [2.75, 3.05) is 33.2 Å². The quantitative estimate of drug-likeness (QED) is 0.292. The van der Waals surface area contributed by atoms with Crippen molar-refractivity contribution < 1.29 is 19.0 Å². The molecule has 2 aromatic heterocycles. The molecule has 0 fully saturated rings. The number of carbonyl (C=O) groups excluding carboxylic acids is 1. The predicted octanol–water partition coefficient (Wildman–Crippen LogP) is 3.48. The highest BCUT2D eigenvalue weighted by Gasteiger charge is 2.17. The Kier molecular flexibility index (Phi) is 7.86. The van der Waals surface area contributed by atoms with E-state index >= 15 is 0 Å². The molecule has 4 aromatic rings. The van der Waals surface area contributed by atoms with Crippen LogP contribution >= 0.6 is 0 Å². The lowest BCUT2D eigenvalue weighted by Crippen LogP contribution is -2.22. The van der Waals surface area contributed by atoms with Gasteiger partial charge in [0, 0.05) is 48.9 Å². The average molecular weight is 491 g/mol. The van der Waals surface area contributed by atoms with Gasteiger partial charge in [0.25, 0.3) is 5.91 Å². The fourth-order valence-electron chi connectivity index (χ4n) is 3.90. The number of anilines is 2. The summed E-state index contributed by atoms with van der Waals surface area (Å²) in [5, 5.41) is 6.31. The Hall–Kier alpha value is -4.31. The first-order valence-corrected chi connectivity index (χ1v) is 11.5. The number of hydrogen-bond acceptors (Lipinski definition) is 8. The number of methoxy groups -OCH3 is 3. The molecular weight excluding hydrogens is 460 g/mol. The summed E-state index contributed by atoms with van der Waals surface area (Å²) < 4.78 is 18.4. The van der Waals surface area contributed by atoms with E-state index in [9.17, 15) is 4.79 Å². The minimum Gasteiger partial charge on any atom is -0.493 e. The van der Waals surface area contributed by atoms with E-state index < -0.39 is 0 Å². The summed E-state index contributed by atoms with van der Waals surface area (Å²) in [5.74, 6) is 2.00. The van der Waals surface area contributed by atoms with Crippen LogP contribution < -0.4 is 30.6 Å². The Labute approximate surface area is 209 Å². The van der Waals surface area contributed by atoms with Crippen LogP contribution in [0, 0.1) is 0 Å². The Bertz CT molecular complexity index is 1310. The molecule has 1 amide bonds. The van der Waals surface area contributed by atoms with Gasteiger partial charge in [-0.2, -0.15) is 0 Å². The second-order valence-corrected chi connectivity index (χ2v) is 8.01. The van der Waals surface area contributed by atoms with E-state index in [1.165, 1.54) is 0 Å². The van der Waals surface area contributed by atoms with Crippen LogP contribution in [0.4, 0.5) is 11.6 Å². The van der Waals surface area contributed by atoms with Gasteiger partial charge in [0.05, 0.1) is 32.4 Å². The number of nitrogens with zero attached hydrogens (tertiary/aromatic N) is 3. The van der Waals surface area contributed by atoms with Gasteiger partial charge >= 0.3 is 0 Å². The van der Waals surface area contributed by atoms with Crippen LogP contribution in [0.2, 0.25) is 0 Å². The van der Waals surface area contributed by atoms with Crippen LogP contribution in [0.25, 0.3) is 11.0 Å². The second kappa shape index (κ2) is 11.4. The van der Waals surface area contributed by atoms with Gasteiger partial charge in [-0.1, -0.05) is 0 Å². The van der Waals surface area contributed by atoms with Crippen molar-refractivity contribution >= 4 is 28.6 Å². The molecule has 0 atom stereocenters. The van der Waals surface area contributed by atoms with Gasteiger partial charge in [-0.05, 0) is 48.9 Å². The predicted molar refractivity (Wildman–Crippen MR) is 138 cm³/mol. The Morgan fingerprint density at radius 1 is 1.00 bits per heavy atom. The maximum atomic E-state index is 12.9. The number of imidazole rings is 1. The van der Waals surface area contributed by atoms with Crippen molar-refractivity contribution in [3.8, 4) is 17.2 Å². The van der Waals surface area contributed by atoms with Crippen molar-refractivity contribution in [2.45, 2.75) is 19.5 Å². The van der Waals surface area contributed by atoms with E-state index in [1.807, 2.05) is 41.0 Å². The summed E-state index contributed by atoms with van der Waals surface area (Å²) in [4.78, 5) is 21.6. The number of carbonyl (C=O) groups is 1. The van der Waals surface area contributed by atoms with Crippen LogP contribution in [0.3, 0.4) is 0 Å². The minimum atomic E-state index is -0.167. The topological polar surface area (TPSA) is 126 Å². The Balaban J connectivity index is 1.65. The largest absolute Gasteiger partial charge is 0.493 e. The van der Waals surface area contributed by atoms with E-state index in [-0.39, 0.29) is 5.91 Å². The number of rotatable bonds is 11. The molecule has 10 nitrogen and oxygen atoms in total. The zero-order valence-corrected chi connectivity index (χ0v) is 20.6. The van der Waals surface area contributed by atoms with Crippen LogP contribution in [-0.2, 0) is 13.1 Å². The molecule has 0 aliphatic rings. The number of ether oxygens (including phenoxy) is 3. The summed E-state index contributed by atoms with van der Waals surface area (Å²) >= 11 is 0. The molecular formula is C26H30N6O4. The molecule has 0 bridgehead atoms. The molecule has 4 rings (SSSR count). The molecule has 10 heteroatoms. The van der Waals surface area contributed by atoms with Gasteiger partial charge in [0.15, 0.2) is 11.5 Å². The summed E-state index contributed by atoms with van der Waals surface area (Å²) in [7, 11) is 4.70. The van der Waals surface area contributed by atoms with Crippen molar-refractivity contribution in [2.24, 2.45) is 5.73 Å². The smallest absolute Gasteiger partial charge is 0.251 e. The maximum absolute atomic E-state index is 12.9. The molecule has 188 valence electrons. The SMILES string of the molecule is COc1cc(Nc2nc3ccc(C(=O)NCc4ccncc4)cc3n2CCCN)cc(OC)c1OC. The van der Waals surface area contributed by atoms with Gasteiger partial charge in [-0.15, -0.1) is 0 Å². The highest BCUT2D eigenvalue weighted by Crippen LogP contribution is 2.40. The van der Waals surface area contributed by atoms with Crippen molar-refractivity contribution in [3.63, 3.8) is 0 Å². The first-order chi connectivity index (χ1) is 17.6. The molecule has 2 aromatic carbocycles. The van der Waals surface area contributed by atoms with Crippen LogP contribution in [0.1, 0.15) is 22.3 Å². The number of fused-ring (bicyclic) bond motifs is 1. The number of benzene rings is 2. The number of aryl methyl sites for hydroxylation is 1. The molecule has 0 aliphatic carbocycles. The van der Waals surface area contributed by atoms with Gasteiger partial charge in [0.1, 0.15) is 0 Å². The van der Waals surface area contributed by atoms with E-state index in [0.29, 0.717) is 54.1 Å².